The van der Waals surface area contributed by atoms with Gasteiger partial charge in [-0.3, -0.25) is 4.79 Å². The predicted molar refractivity (Wildman–Crippen MR) is 62.1 cm³/mol. The lowest BCUT2D eigenvalue weighted by Crippen LogP contribution is -2.37. The van der Waals surface area contributed by atoms with Gasteiger partial charge in [0, 0.05) is 32.7 Å². The number of carbonyl (C=O) groups excluding carboxylic acids is 1. The Morgan fingerprint density at radius 1 is 1.60 bits per heavy atom. The minimum absolute atomic E-state index is 0. The zero-order chi connectivity index (χ0) is 10.4. The molecule has 4 nitrogen and oxygen atoms in total. The van der Waals surface area contributed by atoms with Crippen LogP contribution < -0.4 is 5.73 Å². The van der Waals surface area contributed by atoms with Gasteiger partial charge in [-0.1, -0.05) is 0 Å². The zero-order valence-corrected chi connectivity index (χ0v) is 10.1. The van der Waals surface area contributed by atoms with E-state index in [1.165, 1.54) is 0 Å². The summed E-state index contributed by atoms with van der Waals surface area (Å²) in [5.41, 5.74) is 5.35. The molecule has 1 unspecified atom stereocenters. The fourth-order valence-electron chi connectivity index (χ4n) is 1.72. The number of likely N-dealkylation sites (N-methyl/N-ethyl adjacent to an activating group) is 1. The minimum atomic E-state index is 0. The van der Waals surface area contributed by atoms with E-state index in [1.807, 2.05) is 11.8 Å². The lowest BCUT2D eigenvalue weighted by Gasteiger charge is -2.23. The average Bonchev–Trinajstić information content (AvgIpc) is 2.66. The monoisotopic (exact) mass is 236 g/mol. The number of ether oxygens (including phenoxy) is 1. The van der Waals surface area contributed by atoms with Gasteiger partial charge in [0.1, 0.15) is 0 Å². The Kier molecular flexibility index (Phi) is 7.74. The molecule has 0 aromatic rings. The molecule has 1 heterocycles. The SMILES string of the molecule is CCN(CC1CCCO1)C(=O)CCN.Cl. The molecule has 1 amide bonds. The smallest absolute Gasteiger partial charge is 0.223 e. The standard InChI is InChI=1S/C10H20N2O2.ClH/c1-2-12(10(13)5-6-11)8-9-4-3-7-14-9;/h9H,2-8,11H2,1H3;1H. The molecular weight excluding hydrogens is 216 g/mol. The number of nitrogens with zero attached hydrogens (tertiary/aromatic N) is 1. The van der Waals surface area contributed by atoms with E-state index in [0.29, 0.717) is 13.0 Å². The summed E-state index contributed by atoms with van der Waals surface area (Å²) in [6, 6.07) is 0. The third-order valence-corrected chi connectivity index (χ3v) is 2.54. The van der Waals surface area contributed by atoms with Crippen molar-refractivity contribution in [3.63, 3.8) is 0 Å². The number of rotatable bonds is 5. The summed E-state index contributed by atoms with van der Waals surface area (Å²) in [6.07, 6.45) is 2.89. The van der Waals surface area contributed by atoms with E-state index in [-0.39, 0.29) is 24.4 Å². The molecular formula is C10H21ClN2O2. The van der Waals surface area contributed by atoms with Gasteiger partial charge < -0.3 is 15.4 Å². The van der Waals surface area contributed by atoms with Crippen LogP contribution in [0.1, 0.15) is 26.2 Å². The maximum absolute atomic E-state index is 11.6. The van der Waals surface area contributed by atoms with Crippen molar-refractivity contribution in [1.29, 1.82) is 0 Å². The molecule has 0 saturated carbocycles. The normalized spacial score (nSPS) is 19.7. The van der Waals surface area contributed by atoms with Crippen molar-refractivity contribution in [3.8, 4) is 0 Å². The number of carbonyl (C=O) groups is 1. The predicted octanol–water partition coefficient (Wildman–Crippen LogP) is 0.784. The van der Waals surface area contributed by atoms with Crippen LogP contribution in [0.5, 0.6) is 0 Å². The fourth-order valence-corrected chi connectivity index (χ4v) is 1.72. The van der Waals surface area contributed by atoms with Gasteiger partial charge in [-0.05, 0) is 19.8 Å². The van der Waals surface area contributed by atoms with Crippen LogP contribution >= 0.6 is 12.4 Å². The van der Waals surface area contributed by atoms with Crippen LogP contribution in [0.2, 0.25) is 0 Å². The maximum atomic E-state index is 11.6. The molecule has 0 bridgehead atoms. The Morgan fingerprint density at radius 3 is 2.80 bits per heavy atom. The van der Waals surface area contributed by atoms with Crippen LogP contribution in [0.25, 0.3) is 0 Å². The van der Waals surface area contributed by atoms with Crippen molar-refractivity contribution >= 4 is 18.3 Å². The van der Waals surface area contributed by atoms with Crippen LogP contribution in [-0.4, -0.2) is 43.2 Å². The summed E-state index contributed by atoms with van der Waals surface area (Å²) in [6.45, 7) is 4.74. The molecule has 1 aliphatic heterocycles. The molecule has 1 fully saturated rings. The molecule has 0 aromatic carbocycles. The minimum Gasteiger partial charge on any atom is -0.376 e. The molecule has 1 aliphatic rings. The summed E-state index contributed by atoms with van der Waals surface area (Å²) >= 11 is 0. The van der Waals surface area contributed by atoms with E-state index in [9.17, 15) is 4.79 Å². The molecule has 5 heteroatoms. The van der Waals surface area contributed by atoms with Gasteiger partial charge >= 0.3 is 0 Å². The lowest BCUT2D eigenvalue weighted by atomic mass is 10.2. The van der Waals surface area contributed by atoms with E-state index in [4.69, 9.17) is 10.5 Å². The highest BCUT2D eigenvalue weighted by Crippen LogP contribution is 2.13. The number of hydrogen-bond donors (Lipinski definition) is 1. The average molecular weight is 237 g/mol. The van der Waals surface area contributed by atoms with Gasteiger partial charge in [0.15, 0.2) is 0 Å². The summed E-state index contributed by atoms with van der Waals surface area (Å²) in [5.74, 6) is 0.144. The molecule has 1 rings (SSSR count). The van der Waals surface area contributed by atoms with E-state index >= 15 is 0 Å². The molecule has 0 spiro atoms. The van der Waals surface area contributed by atoms with Crippen LogP contribution in [-0.2, 0) is 9.53 Å². The molecule has 2 N–H and O–H groups in total. The fraction of sp³-hybridized carbons (Fsp3) is 0.900. The summed E-state index contributed by atoms with van der Waals surface area (Å²) in [5, 5.41) is 0. The highest BCUT2D eigenvalue weighted by atomic mass is 35.5. The first-order valence-electron chi connectivity index (χ1n) is 5.37. The van der Waals surface area contributed by atoms with Gasteiger partial charge in [-0.2, -0.15) is 0 Å². The van der Waals surface area contributed by atoms with Crippen LogP contribution in [0.4, 0.5) is 0 Å². The Morgan fingerprint density at radius 2 is 2.33 bits per heavy atom. The second-order valence-corrected chi connectivity index (χ2v) is 3.61. The first-order valence-corrected chi connectivity index (χ1v) is 5.37. The van der Waals surface area contributed by atoms with Crippen molar-refractivity contribution < 1.29 is 9.53 Å². The number of halogens is 1. The Hall–Kier alpha value is -0.320. The largest absolute Gasteiger partial charge is 0.376 e. The summed E-state index contributed by atoms with van der Waals surface area (Å²) in [7, 11) is 0. The van der Waals surface area contributed by atoms with Gasteiger partial charge in [0.25, 0.3) is 0 Å². The zero-order valence-electron chi connectivity index (χ0n) is 9.28. The second-order valence-electron chi connectivity index (χ2n) is 3.61. The van der Waals surface area contributed by atoms with Crippen molar-refractivity contribution in [2.24, 2.45) is 5.73 Å². The molecule has 0 aromatic heterocycles. The Balaban J connectivity index is 0.00000196. The lowest BCUT2D eigenvalue weighted by molar-refractivity contribution is -0.132. The van der Waals surface area contributed by atoms with Gasteiger partial charge in [0.05, 0.1) is 6.10 Å². The van der Waals surface area contributed by atoms with Gasteiger partial charge in [-0.25, -0.2) is 0 Å². The van der Waals surface area contributed by atoms with E-state index in [0.717, 1.165) is 32.5 Å². The first-order chi connectivity index (χ1) is 6.77. The number of amides is 1. The highest BCUT2D eigenvalue weighted by molar-refractivity contribution is 5.85. The molecule has 90 valence electrons. The van der Waals surface area contributed by atoms with E-state index in [2.05, 4.69) is 0 Å². The number of nitrogens with two attached hydrogens (primary N) is 1. The van der Waals surface area contributed by atoms with Crippen molar-refractivity contribution in [1.82, 2.24) is 4.90 Å². The second kappa shape index (κ2) is 7.91. The van der Waals surface area contributed by atoms with Crippen LogP contribution in [0.15, 0.2) is 0 Å². The van der Waals surface area contributed by atoms with Gasteiger partial charge in [0.2, 0.25) is 5.91 Å². The van der Waals surface area contributed by atoms with Gasteiger partial charge in [-0.15, -0.1) is 12.4 Å². The molecule has 1 atom stereocenters. The maximum Gasteiger partial charge on any atom is 0.223 e. The highest BCUT2D eigenvalue weighted by Gasteiger charge is 2.20. The molecule has 0 aliphatic carbocycles. The third-order valence-electron chi connectivity index (χ3n) is 2.54. The molecule has 1 saturated heterocycles. The third kappa shape index (κ3) is 4.82. The molecule has 15 heavy (non-hydrogen) atoms. The first kappa shape index (κ1) is 14.7. The quantitative estimate of drug-likeness (QED) is 0.768. The Labute approximate surface area is 97.5 Å². The Bertz CT molecular complexity index is 184. The summed E-state index contributed by atoms with van der Waals surface area (Å²) < 4.78 is 5.49. The van der Waals surface area contributed by atoms with Crippen molar-refractivity contribution in [3.05, 3.63) is 0 Å². The van der Waals surface area contributed by atoms with Crippen LogP contribution in [0.3, 0.4) is 0 Å². The topological polar surface area (TPSA) is 55.6 Å². The van der Waals surface area contributed by atoms with Crippen molar-refractivity contribution in [2.75, 3.05) is 26.2 Å². The van der Waals surface area contributed by atoms with Crippen molar-refractivity contribution in [2.45, 2.75) is 32.3 Å². The number of hydrogen-bond acceptors (Lipinski definition) is 3. The molecule has 0 radical (unpaired) electrons. The van der Waals surface area contributed by atoms with E-state index < -0.39 is 0 Å². The van der Waals surface area contributed by atoms with Crippen LogP contribution in [0, 0.1) is 0 Å². The van der Waals surface area contributed by atoms with E-state index in [1.54, 1.807) is 0 Å². The summed E-state index contributed by atoms with van der Waals surface area (Å²) in [4.78, 5) is 13.4.